The molecule has 33 heavy (non-hydrogen) atoms. The van der Waals surface area contributed by atoms with E-state index in [0.717, 1.165) is 11.1 Å². The molecule has 0 aliphatic heterocycles. The molecule has 1 aromatic heterocycles. The highest BCUT2D eigenvalue weighted by molar-refractivity contribution is 7.92. The molecule has 1 amide bonds. The molecule has 0 unspecified atom stereocenters. The first-order valence-corrected chi connectivity index (χ1v) is 11.7. The highest BCUT2D eigenvalue weighted by Crippen LogP contribution is 2.23. The van der Waals surface area contributed by atoms with Gasteiger partial charge in [-0.05, 0) is 61.2 Å². The number of carbonyl (C=O) groups excluding carboxylic acids is 1. The normalized spacial score (nSPS) is 11.8. The number of nitriles is 1. The van der Waals surface area contributed by atoms with E-state index < -0.39 is 15.9 Å². The summed E-state index contributed by atoms with van der Waals surface area (Å²) in [6.07, 6.45) is 1.50. The van der Waals surface area contributed by atoms with Gasteiger partial charge >= 0.3 is 0 Å². The SMILES string of the molecule is Cc1noc(NS(=O)(=O)c2ccc(NC(=O)/C(C#N)=C/c3ccc(C(C)C)cc3)cc2)c1C. The van der Waals surface area contributed by atoms with E-state index in [1.54, 1.807) is 13.8 Å². The molecule has 0 aliphatic rings. The number of amides is 1. The maximum atomic E-state index is 12.6. The highest BCUT2D eigenvalue weighted by Gasteiger charge is 2.19. The number of nitrogens with one attached hydrogen (secondary N) is 2. The lowest BCUT2D eigenvalue weighted by atomic mass is 10.0. The number of carbonyl (C=O) groups is 1. The lowest BCUT2D eigenvalue weighted by Gasteiger charge is -2.08. The third-order valence-electron chi connectivity index (χ3n) is 5.09. The highest BCUT2D eigenvalue weighted by atomic mass is 32.2. The summed E-state index contributed by atoms with van der Waals surface area (Å²) in [7, 11) is -3.90. The molecule has 0 aliphatic carbocycles. The van der Waals surface area contributed by atoms with Gasteiger partial charge < -0.3 is 9.84 Å². The fraction of sp³-hybridized carbons (Fsp3) is 0.208. The summed E-state index contributed by atoms with van der Waals surface area (Å²) < 4.78 is 32.5. The number of rotatable bonds is 7. The quantitative estimate of drug-likeness (QED) is 0.384. The fourth-order valence-electron chi connectivity index (χ4n) is 2.90. The van der Waals surface area contributed by atoms with Crippen molar-refractivity contribution in [2.45, 2.75) is 38.5 Å². The number of hydrogen-bond acceptors (Lipinski definition) is 6. The summed E-state index contributed by atoms with van der Waals surface area (Å²) in [6.45, 7) is 7.57. The number of aryl methyl sites for hydroxylation is 1. The molecule has 1 heterocycles. The van der Waals surface area contributed by atoms with Crippen molar-refractivity contribution in [3.05, 3.63) is 76.5 Å². The van der Waals surface area contributed by atoms with Crippen LogP contribution >= 0.6 is 0 Å². The molecule has 0 bridgehead atoms. The summed E-state index contributed by atoms with van der Waals surface area (Å²) in [4.78, 5) is 12.5. The Morgan fingerprint density at radius 3 is 2.24 bits per heavy atom. The monoisotopic (exact) mass is 464 g/mol. The van der Waals surface area contributed by atoms with Crippen molar-refractivity contribution in [3.63, 3.8) is 0 Å². The average molecular weight is 465 g/mol. The van der Waals surface area contributed by atoms with E-state index in [0.29, 0.717) is 22.9 Å². The maximum Gasteiger partial charge on any atom is 0.266 e. The minimum atomic E-state index is -3.90. The zero-order chi connectivity index (χ0) is 24.2. The first-order chi connectivity index (χ1) is 15.6. The Balaban J connectivity index is 1.72. The van der Waals surface area contributed by atoms with E-state index in [-0.39, 0.29) is 16.4 Å². The van der Waals surface area contributed by atoms with E-state index in [1.165, 1.54) is 30.3 Å². The molecule has 0 saturated carbocycles. The van der Waals surface area contributed by atoms with E-state index in [2.05, 4.69) is 29.0 Å². The number of sulfonamides is 1. The summed E-state index contributed by atoms with van der Waals surface area (Å²) >= 11 is 0. The number of nitrogens with zero attached hydrogens (tertiary/aromatic N) is 2. The van der Waals surface area contributed by atoms with Crippen LogP contribution in [0, 0.1) is 25.2 Å². The van der Waals surface area contributed by atoms with Crippen molar-refractivity contribution < 1.29 is 17.7 Å². The Bertz CT molecular complexity index is 1330. The fourth-order valence-corrected chi connectivity index (χ4v) is 3.95. The van der Waals surface area contributed by atoms with E-state index in [9.17, 15) is 18.5 Å². The van der Waals surface area contributed by atoms with Gasteiger partial charge in [0.15, 0.2) is 0 Å². The third-order valence-corrected chi connectivity index (χ3v) is 6.43. The van der Waals surface area contributed by atoms with Gasteiger partial charge in [-0.15, -0.1) is 0 Å². The molecule has 0 atom stereocenters. The topological polar surface area (TPSA) is 125 Å². The van der Waals surface area contributed by atoms with Crippen LogP contribution in [-0.2, 0) is 14.8 Å². The molecular weight excluding hydrogens is 440 g/mol. The predicted octanol–water partition coefficient (Wildman–Crippen LogP) is 4.76. The van der Waals surface area contributed by atoms with Gasteiger partial charge in [0.25, 0.3) is 15.9 Å². The molecule has 0 spiro atoms. The molecular formula is C24H24N4O4S. The smallest absolute Gasteiger partial charge is 0.266 e. The molecule has 2 aromatic carbocycles. The second-order valence-electron chi connectivity index (χ2n) is 7.80. The average Bonchev–Trinajstić information content (AvgIpc) is 3.09. The van der Waals surface area contributed by atoms with Crippen molar-refractivity contribution in [2.24, 2.45) is 0 Å². The minimum Gasteiger partial charge on any atom is -0.337 e. The second kappa shape index (κ2) is 9.71. The standard InChI is InChI=1S/C24H24N4O4S/c1-15(2)19-7-5-18(6-8-19)13-20(14-25)23(29)26-21-9-11-22(12-10-21)33(30,31)28-24-16(3)17(4)27-32-24/h5-13,15,28H,1-4H3,(H,26,29)/b20-13+. The maximum absolute atomic E-state index is 12.6. The van der Waals surface area contributed by atoms with E-state index in [1.807, 2.05) is 30.3 Å². The van der Waals surface area contributed by atoms with Crippen molar-refractivity contribution >= 4 is 33.6 Å². The van der Waals surface area contributed by atoms with Gasteiger partial charge in [0.05, 0.1) is 10.6 Å². The summed E-state index contributed by atoms with van der Waals surface area (Å²) in [6, 6.07) is 15.1. The molecule has 8 nitrogen and oxygen atoms in total. The van der Waals surface area contributed by atoms with Crippen LogP contribution in [0.4, 0.5) is 11.6 Å². The van der Waals surface area contributed by atoms with Crippen LogP contribution in [0.1, 0.15) is 42.1 Å². The second-order valence-corrected chi connectivity index (χ2v) is 9.48. The Morgan fingerprint density at radius 2 is 1.73 bits per heavy atom. The van der Waals surface area contributed by atoms with Crippen LogP contribution < -0.4 is 10.0 Å². The molecule has 2 N–H and O–H groups in total. The van der Waals surface area contributed by atoms with Crippen LogP contribution in [0.5, 0.6) is 0 Å². The van der Waals surface area contributed by atoms with E-state index in [4.69, 9.17) is 4.52 Å². The summed E-state index contributed by atoms with van der Waals surface area (Å²) in [5.41, 5.74) is 3.36. The van der Waals surface area contributed by atoms with E-state index >= 15 is 0 Å². The van der Waals surface area contributed by atoms with Crippen molar-refractivity contribution in [1.82, 2.24) is 5.16 Å². The number of aromatic nitrogens is 1. The zero-order valence-electron chi connectivity index (χ0n) is 18.7. The predicted molar refractivity (Wildman–Crippen MR) is 126 cm³/mol. The molecule has 3 rings (SSSR count). The zero-order valence-corrected chi connectivity index (χ0v) is 19.5. The summed E-state index contributed by atoms with van der Waals surface area (Å²) in [5.74, 6) is -0.158. The molecule has 0 saturated heterocycles. The Morgan fingerprint density at radius 1 is 1.09 bits per heavy atom. The minimum absolute atomic E-state index is 0.0183. The lowest BCUT2D eigenvalue weighted by Crippen LogP contribution is -2.15. The van der Waals surface area contributed by atoms with Gasteiger partial charge in [0.1, 0.15) is 11.6 Å². The van der Waals surface area contributed by atoms with Gasteiger partial charge in [-0.25, -0.2) is 13.1 Å². The van der Waals surface area contributed by atoms with Crippen LogP contribution in [0.25, 0.3) is 6.08 Å². The molecule has 170 valence electrons. The first kappa shape index (κ1) is 23.8. The van der Waals surface area contributed by atoms with Gasteiger partial charge in [0.2, 0.25) is 5.88 Å². The largest absolute Gasteiger partial charge is 0.337 e. The first-order valence-electron chi connectivity index (χ1n) is 10.2. The Kier molecular flexibility index (Phi) is 6.99. The third kappa shape index (κ3) is 5.67. The molecule has 0 radical (unpaired) electrons. The molecule has 3 aromatic rings. The number of benzene rings is 2. The summed E-state index contributed by atoms with van der Waals surface area (Å²) in [5, 5.41) is 15.7. The molecule has 9 heteroatoms. The van der Waals surface area contributed by atoms with Gasteiger partial charge in [-0.1, -0.05) is 43.3 Å². The van der Waals surface area contributed by atoms with Crippen LogP contribution in [0.15, 0.2) is 63.5 Å². The van der Waals surface area contributed by atoms with Crippen LogP contribution in [0.2, 0.25) is 0 Å². The Labute approximate surface area is 193 Å². The van der Waals surface area contributed by atoms with Crippen LogP contribution in [0.3, 0.4) is 0 Å². The van der Waals surface area contributed by atoms with Crippen molar-refractivity contribution in [3.8, 4) is 6.07 Å². The number of hydrogen-bond donors (Lipinski definition) is 2. The van der Waals surface area contributed by atoms with Gasteiger partial charge in [-0.3, -0.25) is 4.79 Å². The van der Waals surface area contributed by atoms with Crippen LogP contribution in [-0.4, -0.2) is 19.5 Å². The Hall–Kier alpha value is -3.90. The number of anilines is 2. The van der Waals surface area contributed by atoms with Crippen molar-refractivity contribution in [1.29, 1.82) is 5.26 Å². The van der Waals surface area contributed by atoms with Crippen molar-refractivity contribution in [2.75, 3.05) is 10.0 Å². The molecule has 0 fully saturated rings. The van der Waals surface area contributed by atoms with Gasteiger partial charge in [-0.2, -0.15) is 5.26 Å². The van der Waals surface area contributed by atoms with Gasteiger partial charge in [0, 0.05) is 11.3 Å². The lowest BCUT2D eigenvalue weighted by molar-refractivity contribution is -0.112.